The molecule has 1 aliphatic rings. The molecule has 0 aromatic heterocycles. The van der Waals surface area contributed by atoms with Crippen LogP contribution in [0.4, 0.5) is 0 Å². The number of hydrogen-bond acceptors (Lipinski definition) is 3. The largest absolute Gasteiger partial charge is 0.493 e. The van der Waals surface area contributed by atoms with Crippen LogP contribution in [0.15, 0.2) is 18.2 Å². The standard InChI is InChI=1S/C21H34N2O2S/c1-21(2,3)16-7-9-17(10-8-16)23-20(26)22-13-12-15-6-11-18(24-4)19(14-15)25-5/h6,11,14,16-17H,7-10,12-13H2,1-5H3,(H2,22,23,26). The summed E-state index contributed by atoms with van der Waals surface area (Å²) in [7, 11) is 3.31. The van der Waals surface area contributed by atoms with Crippen LogP contribution in [0, 0.1) is 11.3 Å². The summed E-state index contributed by atoms with van der Waals surface area (Å²) < 4.78 is 10.6. The Labute approximate surface area is 164 Å². The molecule has 1 aromatic carbocycles. The minimum atomic E-state index is 0.420. The highest BCUT2D eigenvalue weighted by molar-refractivity contribution is 7.80. The van der Waals surface area contributed by atoms with Gasteiger partial charge < -0.3 is 20.1 Å². The third-order valence-electron chi connectivity index (χ3n) is 5.43. The SMILES string of the molecule is COc1ccc(CCNC(=S)NC2CCC(C(C)(C)C)CC2)cc1OC. The monoisotopic (exact) mass is 378 g/mol. The van der Waals surface area contributed by atoms with E-state index in [0.717, 1.165) is 35.5 Å². The van der Waals surface area contributed by atoms with Gasteiger partial charge in [0.25, 0.3) is 0 Å². The van der Waals surface area contributed by atoms with Gasteiger partial charge in [-0.1, -0.05) is 26.8 Å². The Kier molecular flexibility index (Phi) is 7.56. The molecule has 4 nitrogen and oxygen atoms in total. The van der Waals surface area contributed by atoms with E-state index < -0.39 is 0 Å². The number of benzene rings is 1. The fourth-order valence-electron chi connectivity index (χ4n) is 3.70. The summed E-state index contributed by atoms with van der Waals surface area (Å²) in [6.07, 6.45) is 5.88. The van der Waals surface area contributed by atoms with Crippen LogP contribution in [0.25, 0.3) is 0 Å². The zero-order valence-electron chi connectivity index (χ0n) is 16.9. The van der Waals surface area contributed by atoms with E-state index in [1.165, 1.54) is 31.2 Å². The van der Waals surface area contributed by atoms with Gasteiger partial charge in [0.1, 0.15) is 0 Å². The number of hydrogen-bond donors (Lipinski definition) is 2. The Morgan fingerprint density at radius 1 is 1.08 bits per heavy atom. The summed E-state index contributed by atoms with van der Waals surface area (Å²) in [5.74, 6) is 2.35. The van der Waals surface area contributed by atoms with Crippen LogP contribution in [0.1, 0.15) is 52.0 Å². The number of methoxy groups -OCH3 is 2. The maximum atomic E-state index is 5.47. The maximum absolute atomic E-state index is 5.47. The van der Waals surface area contributed by atoms with Crippen molar-refractivity contribution in [1.82, 2.24) is 10.6 Å². The Hall–Kier alpha value is -1.49. The normalized spacial score (nSPS) is 20.3. The van der Waals surface area contributed by atoms with E-state index in [0.29, 0.717) is 11.5 Å². The van der Waals surface area contributed by atoms with E-state index in [1.54, 1.807) is 14.2 Å². The van der Waals surface area contributed by atoms with Gasteiger partial charge in [-0.3, -0.25) is 0 Å². The van der Waals surface area contributed by atoms with Crippen LogP contribution >= 0.6 is 12.2 Å². The first kappa shape index (κ1) is 20.8. The van der Waals surface area contributed by atoms with E-state index in [9.17, 15) is 0 Å². The second-order valence-corrected chi connectivity index (χ2v) is 8.66. The van der Waals surface area contributed by atoms with E-state index >= 15 is 0 Å². The molecule has 5 heteroatoms. The fraction of sp³-hybridized carbons (Fsp3) is 0.667. The quantitative estimate of drug-likeness (QED) is 0.722. The molecular weight excluding hydrogens is 344 g/mol. The minimum absolute atomic E-state index is 0.420. The minimum Gasteiger partial charge on any atom is -0.493 e. The van der Waals surface area contributed by atoms with Crippen LogP contribution < -0.4 is 20.1 Å². The second kappa shape index (κ2) is 9.45. The van der Waals surface area contributed by atoms with Crippen molar-refractivity contribution in [2.24, 2.45) is 11.3 Å². The lowest BCUT2D eigenvalue weighted by Crippen LogP contribution is -2.44. The van der Waals surface area contributed by atoms with E-state index in [-0.39, 0.29) is 0 Å². The molecule has 2 N–H and O–H groups in total. The highest BCUT2D eigenvalue weighted by Crippen LogP contribution is 2.37. The Morgan fingerprint density at radius 2 is 1.73 bits per heavy atom. The smallest absolute Gasteiger partial charge is 0.166 e. The molecule has 2 rings (SSSR count). The van der Waals surface area contributed by atoms with Crippen molar-refractivity contribution < 1.29 is 9.47 Å². The Bertz CT molecular complexity index is 590. The van der Waals surface area contributed by atoms with Crippen molar-refractivity contribution >= 4 is 17.3 Å². The van der Waals surface area contributed by atoms with Crippen LogP contribution in [-0.2, 0) is 6.42 Å². The number of nitrogens with one attached hydrogen (secondary N) is 2. The van der Waals surface area contributed by atoms with Gasteiger partial charge >= 0.3 is 0 Å². The lowest BCUT2D eigenvalue weighted by atomic mass is 9.71. The van der Waals surface area contributed by atoms with Crippen molar-refractivity contribution in [3.8, 4) is 11.5 Å². The number of ether oxygens (including phenoxy) is 2. The van der Waals surface area contributed by atoms with Crippen molar-refractivity contribution in [1.29, 1.82) is 0 Å². The summed E-state index contributed by atoms with van der Waals surface area (Å²) in [5, 5.41) is 7.60. The Morgan fingerprint density at radius 3 is 2.31 bits per heavy atom. The van der Waals surface area contributed by atoms with E-state index in [1.807, 2.05) is 12.1 Å². The first-order chi connectivity index (χ1) is 12.3. The molecule has 0 heterocycles. The van der Waals surface area contributed by atoms with Crippen LogP contribution in [0.2, 0.25) is 0 Å². The van der Waals surface area contributed by atoms with E-state index in [4.69, 9.17) is 21.7 Å². The summed E-state index contributed by atoms with van der Waals surface area (Å²) in [6, 6.07) is 6.53. The molecular formula is C21H34N2O2S. The third-order valence-corrected chi connectivity index (χ3v) is 5.70. The molecule has 1 aliphatic carbocycles. The molecule has 0 aliphatic heterocycles. The molecule has 0 spiro atoms. The van der Waals surface area contributed by atoms with Gasteiger partial charge in [0.05, 0.1) is 14.2 Å². The molecule has 26 heavy (non-hydrogen) atoms. The molecule has 0 unspecified atom stereocenters. The predicted octanol–water partition coefficient (Wildman–Crippen LogP) is 4.32. The predicted molar refractivity (Wildman–Crippen MR) is 112 cm³/mol. The maximum Gasteiger partial charge on any atom is 0.166 e. The molecule has 0 atom stereocenters. The zero-order valence-corrected chi connectivity index (χ0v) is 17.7. The van der Waals surface area contributed by atoms with Crippen molar-refractivity contribution in [3.05, 3.63) is 23.8 Å². The molecule has 1 fully saturated rings. The average molecular weight is 379 g/mol. The topological polar surface area (TPSA) is 42.5 Å². The summed E-state index contributed by atoms with van der Waals surface area (Å²) in [6.45, 7) is 7.86. The molecule has 0 bridgehead atoms. The Balaban J connectivity index is 1.71. The highest BCUT2D eigenvalue weighted by Gasteiger charge is 2.29. The first-order valence-corrected chi connectivity index (χ1v) is 9.99. The average Bonchev–Trinajstić information content (AvgIpc) is 2.61. The molecule has 0 radical (unpaired) electrons. The highest BCUT2D eigenvalue weighted by atomic mass is 32.1. The van der Waals surface area contributed by atoms with Gasteiger partial charge in [-0.05, 0) is 73.4 Å². The van der Waals surface area contributed by atoms with Gasteiger partial charge in [-0.15, -0.1) is 0 Å². The summed E-state index contributed by atoms with van der Waals surface area (Å²) in [4.78, 5) is 0. The van der Waals surface area contributed by atoms with Gasteiger partial charge in [-0.2, -0.15) is 0 Å². The number of thiocarbonyl (C=S) groups is 1. The van der Waals surface area contributed by atoms with Crippen LogP contribution in [-0.4, -0.2) is 31.9 Å². The zero-order chi connectivity index (χ0) is 19.2. The van der Waals surface area contributed by atoms with Crippen molar-refractivity contribution in [3.63, 3.8) is 0 Å². The van der Waals surface area contributed by atoms with Crippen molar-refractivity contribution in [2.45, 2.75) is 58.9 Å². The second-order valence-electron chi connectivity index (χ2n) is 8.25. The molecule has 0 amide bonds. The lowest BCUT2D eigenvalue weighted by Gasteiger charge is -2.37. The fourth-order valence-corrected chi connectivity index (χ4v) is 3.97. The lowest BCUT2D eigenvalue weighted by molar-refractivity contribution is 0.165. The van der Waals surface area contributed by atoms with Gasteiger partial charge in [0, 0.05) is 12.6 Å². The molecule has 146 valence electrons. The van der Waals surface area contributed by atoms with Crippen LogP contribution in [0.5, 0.6) is 11.5 Å². The van der Waals surface area contributed by atoms with Gasteiger partial charge in [0.2, 0.25) is 0 Å². The number of rotatable bonds is 6. The molecule has 0 saturated heterocycles. The molecule has 1 aromatic rings. The third kappa shape index (κ3) is 6.04. The molecule has 1 saturated carbocycles. The summed E-state index contributed by atoms with van der Waals surface area (Å²) >= 11 is 5.47. The summed E-state index contributed by atoms with van der Waals surface area (Å²) in [5.41, 5.74) is 1.62. The van der Waals surface area contributed by atoms with Gasteiger partial charge in [-0.25, -0.2) is 0 Å². The van der Waals surface area contributed by atoms with Crippen molar-refractivity contribution in [2.75, 3.05) is 20.8 Å². The van der Waals surface area contributed by atoms with E-state index in [2.05, 4.69) is 37.5 Å². The van der Waals surface area contributed by atoms with Gasteiger partial charge in [0.15, 0.2) is 16.6 Å². The first-order valence-electron chi connectivity index (χ1n) is 9.58. The van der Waals surface area contributed by atoms with Crippen LogP contribution in [0.3, 0.4) is 0 Å².